The number of aliphatic hydroxyl groups is 1. The van der Waals surface area contributed by atoms with E-state index in [9.17, 15) is 4.79 Å². The van der Waals surface area contributed by atoms with E-state index in [1.165, 1.54) is 6.92 Å². The number of carbonyl (C=O) groups is 1. The van der Waals surface area contributed by atoms with Gasteiger partial charge in [0.15, 0.2) is 0 Å². The minimum atomic E-state index is -0.902. The predicted molar refractivity (Wildman–Crippen MR) is 36.8 cm³/mol. The molecule has 0 amide bonds. The largest absolute Gasteiger partial charge is 0.480 e. The van der Waals surface area contributed by atoms with Gasteiger partial charge in [-0.25, -0.2) is 0 Å². The highest BCUT2D eigenvalue weighted by atomic mass is 16.4. The number of carboxylic acid groups (broad SMARTS) is 1. The third-order valence-electron chi connectivity index (χ3n) is 1.18. The van der Waals surface area contributed by atoms with Crippen LogP contribution >= 0.6 is 0 Å². The molecule has 3 N–H and O–H groups in total. The monoisotopic (exact) mass is 147 g/mol. The van der Waals surface area contributed by atoms with Gasteiger partial charge in [0, 0.05) is 6.04 Å². The maximum atomic E-state index is 10.2. The van der Waals surface area contributed by atoms with E-state index in [2.05, 4.69) is 5.32 Å². The summed E-state index contributed by atoms with van der Waals surface area (Å²) in [6.45, 7) is 3.21. The minimum absolute atomic E-state index is 0.0440. The Hall–Kier alpha value is -0.610. The SMILES string of the molecule is CC(N[C@H](C)CO)C(=O)O. The molecule has 1 unspecified atom stereocenters. The van der Waals surface area contributed by atoms with Crippen molar-refractivity contribution in [3.05, 3.63) is 0 Å². The fourth-order valence-corrected chi connectivity index (χ4v) is 0.551. The molecule has 60 valence electrons. The van der Waals surface area contributed by atoms with E-state index in [4.69, 9.17) is 10.2 Å². The second-order valence-corrected chi connectivity index (χ2v) is 2.31. The molecule has 0 saturated carbocycles. The van der Waals surface area contributed by atoms with Crippen LogP contribution in [0.5, 0.6) is 0 Å². The van der Waals surface area contributed by atoms with Gasteiger partial charge in [0.05, 0.1) is 6.61 Å². The quantitative estimate of drug-likeness (QED) is 0.498. The molecule has 2 atom stereocenters. The van der Waals surface area contributed by atoms with Crippen LogP contribution in [0.2, 0.25) is 0 Å². The summed E-state index contributed by atoms with van der Waals surface area (Å²) in [6.07, 6.45) is 0. The molecule has 0 radical (unpaired) electrons. The summed E-state index contributed by atoms with van der Waals surface area (Å²) in [5, 5.41) is 19.6. The normalized spacial score (nSPS) is 16.3. The number of carboxylic acids is 1. The highest BCUT2D eigenvalue weighted by Gasteiger charge is 2.11. The maximum absolute atomic E-state index is 10.2. The Bertz CT molecular complexity index is 116. The fraction of sp³-hybridized carbons (Fsp3) is 0.833. The molecular formula is C6H13NO3. The average Bonchev–Trinajstić information content (AvgIpc) is 1.87. The summed E-state index contributed by atoms with van der Waals surface area (Å²) in [7, 11) is 0. The first-order valence-corrected chi connectivity index (χ1v) is 3.17. The van der Waals surface area contributed by atoms with Crippen LogP contribution in [0.4, 0.5) is 0 Å². The molecule has 0 aromatic heterocycles. The van der Waals surface area contributed by atoms with Gasteiger partial charge in [0.1, 0.15) is 6.04 Å². The van der Waals surface area contributed by atoms with Gasteiger partial charge in [0.25, 0.3) is 0 Å². The van der Waals surface area contributed by atoms with Crippen molar-refractivity contribution in [1.82, 2.24) is 5.32 Å². The Kier molecular flexibility index (Phi) is 3.99. The second kappa shape index (κ2) is 4.24. The van der Waals surface area contributed by atoms with Crippen LogP contribution in [0.3, 0.4) is 0 Å². The number of hydrogen-bond acceptors (Lipinski definition) is 3. The van der Waals surface area contributed by atoms with Gasteiger partial charge in [-0.15, -0.1) is 0 Å². The van der Waals surface area contributed by atoms with Gasteiger partial charge in [-0.3, -0.25) is 10.1 Å². The summed E-state index contributed by atoms with van der Waals surface area (Å²) >= 11 is 0. The summed E-state index contributed by atoms with van der Waals surface area (Å²) in [5.41, 5.74) is 0. The van der Waals surface area contributed by atoms with Gasteiger partial charge in [0.2, 0.25) is 0 Å². The van der Waals surface area contributed by atoms with E-state index in [1.54, 1.807) is 6.92 Å². The van der Waals surface area contributed by atoms with Crippen molar-refractivity contribution in [2.45, 2.75) is 25.9 Å². The van der Waals surface area contributed by atoms with E-state index in [-0.39, 0.29) is 12.6 Å². The fourth-order valence-electron chi connectivity index (χ4n) is 0.551. The van der Waals surface area contributed by atoms with Crippen molar-refractivity contribution in [3.8, 4) is 0 Å². The molecule has 4 nitrogen and oxygen atoms in total. The molecule has 0 heterocycles. The Morgan fingerprint density at radius 1 is 1.60 bits per heavy atom. The highest BCUT2D eigenvalue weighted by Crippen LogP contribution is 1.85. The van der Waals surface area contributed by atoms with Crippen LogP contribution in [0.1, 0.15) is 13.8 Å². The van der Waals surface area contributed by atoms with Crippen LogP contribution in [0, 0.1) is 0 Å². The smallest absolute Gasteiger partial charge is 0.320 e. The lowest BCUT2D eigenvalue weighted by Crippen LogP contribution is -2.41. The lowest BCUT2D eigenvalue weighted by atomic mass is 10.3. The van der Waals surface area contributed by atoms with Crippen molar-refractivity contribution in [2.75, 3.05) is 6.61 Å². The first kappa shape index (κ1) is 9.39. The number of aliphatic carboxylic acids is 1. The van der Waals surface area contributed by atoms with E-state index in [0.29, 0.717) is 0 Å². The van der Waals surface area contributed by atoms with E-state index < -0.39 is 12.0 Å². The molecule has 0 fully saturated rings. The van der Waals surface area contributed by atoms with E-state index >= 15 is 0 Å². The van der Waals surface area contributed by atoms with Crippen LogP contribution < -0.4 is 5.32 Å². The van der Waals surface area contributed by atoms with Crippen molar-refractivity contribution in [2.24, 2.45) is 0 Å². The summed E-state index contributed by atoms with van der Waals surface area (Å²) < 4.78 is 0. The zero-order valence-corrected chi connectivity index (χ0v) is 6.16. The standard InChI is InChI=1S/C6H13NO3/c1-4(3-8)7-5(2)6(9)10/h4-5,7-8H,3H2,1-2H3,(H,9,10)/t4-,5?/m1/s1. The van der Waals surface area contributed by atoms with Crippen molar-refractivity contribution in [1.29, 1.82) is 0 Å². The van der Waals surface area contributed by atoms with Gasteiger partial charge < -0.3 is 10.2 Å². The molecular weight excluding hydrogens is 134 g/mol. The Morgan fingerprint density at radius 2 is 2.10 bits per heavy atom. The van der Waals surface area contributed by atoms with Crippen LogP contribution in [-0.2, 0) is 4.79 Å². The zero-order valence-electron chi connectivity index (χ0n) is 6.16. The third kappa shape index (κ3) is 3.42. The van der Waals surface area contributed by atoms with Gasteiger partial charge in [-0.1, -0.05) is 0 Å². The van der Waals surface area contributed by atoms with Crippen LogP contribution in [-0.4, -0.2) is 34.9 Å². The van der Waals surface area contributed by atoms with E-state index in [1.807, 2.05) is 0 Å². The molecule has 0 spiro atoms. The van der Waals surface area contributed by atoms with Gasteiger partial charge in [-0.2, -0.15) is 0 Å². The molecule has 0 aliphatic heterocycles. The first-order valence-electron chi connectivity index (χ1n) is 3.17. The lowest BCUT2D eigenvalue weighted by Gasteiger charge is -2.13. The Balaban J connectivity index is 3.56. The number of nitrogens with one attached hydrogen (secondary N) is 1. The van der Waals surface area contributed by atoms with Gasteiger partial charge >= 0.3 is 5.97 Å². The molecule has 10 heavy (non-hydrogen) atoms. The van der Waals surface area contributed by atoms with Crippen LogP contribution in [0.25, 0.3) is 0 Å². The van der Waals surface area contributed by atoms with Crippen molar-refractivity contribution in [3.63, 3.8) is 0 Å². The molecule has 0 bridgehead atoms. The Labute approximate surface area is 59.9 Å². The van der Waals surface area contributed by atoms with E-state index in [0.717, 1.165) is 0 Å². The lowest BCUT2D eigenvalue weighted by molar-refractivity contribution is -0.139. The summed E-state index contributed by atoms with van der Waals surface area (Å²) in [6, 6.07) is -0.756. The molecule has 0 aliphatic rings. The predicted octanol–water partition coefficient (Wildman–Crippen LogP) is -0.570. The highest BCUT2D eigenvalue weighted by molar-refractivity contribution is 5.72. The first-order chi connectivity index (χ1) is 4.57. The maximum Gasteiger partial charge on any atom is 0.320 e. The number of aliphatic hydroxyl groups excluding tert-OH is 1. The third-order valence-corrected chi connectivity index (χ3v) is 1.18. The Morgan fingerprint density at radius 3 is 2.40 bits per heavy atom. The minimum Gasteiger partial charge on any atom is -0.480 e. The molecule has 0 aromatic rings. The summed E-state index contributed by atoms with van der Waals surface area (Å²) in [4.78, 5) is 10.2. The average molecular weight is 147 g/mol. The second-order valence-electron chi connectivity index (χ2n) is 2.31. The zero-order chi connectivity index (χ0) is 8.15. The molecule has 0 aliphatic carbocycles. The van der Waals surface area contributed by atoms with Crippen LogP contribution in [0.15, 0.2) is 0 Å². The molecule has 4 heteroatoms. The van der Waals surface area contributed by atoms with Gasteiger partial charge in [-0.05, 0) is 13.8 Å². The topological polar surface area (TPSA) is 69.6 Å². The molecule has 0 saturated heterocycles. The number of hydrogen-bond donors (Lipinski definition) is 3. The molecule has 0 rings (SSSR count). The number of rotatable bonds is 4. The molecule has 0 aromatic carbocycles. The summed E-state index contributed by atoms with van der Waals surface area (Å²) in [5.74, 6) is -0.902. The van der Waals surface area contributed by atoms with Crippen molar-refractivity contribution >= 4 is 5.97 Å². The van der Waals surface area contributed by atoms with Crippen molar-refractivity contribution < 1.29 is 15.0 Å².